The smallest absolute Gasteiger partial charge is 0.131 e. The molecule has 0 aliphatic carbocycles. The lowest BCUT2D eigenvalue weighted by molar-refractivity contribution is 0.510. The van der Waals surface area contributed by atoms with Crippen LogP contribution < -0.4 is 5.32 Å². The largest absolute Gasteiger partial charge is 0.306 e. The van der Waals surface area contributed by atoms with E-state index < -0.39 is 17.7 Å². The number of hydrogen-bond donors (Lipinski definition) is 1. The van der Waals surface area contributed by atoms with Crippen LogP contribution in [0.15, 0.2) is 31.8 Å². The molecule has 1 atom stereocenters. The van der Waals surface area contributed by atoms with E-state index in [4.69, 9.17) is 0 Å². The molecule has 0 saturated heterocycles. The summed E-state index contributed by atoms with van der Waals surface area (Å²) in [5.41, 5.74) is 0.873. The van der Waals surface area contributed by atoms with Crippen LogP contribution in [0.2, 0.25) is 0 Å². The van der Waals surface area contributed by atoms with Gasteiger partial charge in [0.2, 0.25) is 0 Å². The van der Waals surface area contributed by atoms with Crippen molar-refractivity contribution in [3.05, 3.63) is 54.6 Å². The molecule has 19 heavy (non-hydrogen) atoms. The molecule has 2 rings (SSSR count). The highest BCUT2D eigenvalue weighted by atomic mass is 79.9. The monoisotopic (exact) mass is 409 g/mol. The van der Waals surface area contributed by atoms with E-state index in [2.05, 4.69) is 37.2 Å². The predicted octanol–water partition coefficient (Wildman–Crippen LogP) is 5.25. The van der Waals surface area contributed by atoms with Gasteiger partial charge < -0.3 is 5.32 Å². The Kier molecular flexibility index (Phi) is 5.11. The first-order valence-electron chi connectivity index (χ1n) is 5.66. The minimum Gasteiger partial charge on any atom is -0.306 e. The number of benzene rings is 1. The molecule has 0 spiro atoms. The number of halogens is 4. The van der Waals surface area contributed by atoms with Crippen LogP contribution in [0.25, 0.3) is 0 Å². The summed E-state index contributed by atoms with van der Waals surface area (Å²) in [4.78, 5) is 0. The van der Waals surface area contributed by atoms with Crippen LogP contribution in [0, 0.1) is 11.6 Å². The first kappa shape index (κ1) is 15.1. The van der Waals surface area contributed by atoms with Crippen LogP contribution in [0.3, 0.4) is 0 Å². The molecule has 1 nitrogen and oxygen atoms in total. The average molecular weight is 411 g/mol. The highest BCUT2D eigenvalue weighted by Gasteiger charge is 2.24. The lowest BCUT2D eigenvalue weighted by atomic mass is 10.00. The normalized spacial score (nSPS) is 12.7. The first-order chi connectivity index (χ1) is 9.04. The summed E-state index contributed by atoms with van der Waals surface area (Å²) in [6.45, 7) is 2.51. The molecule has 1 heterocycles. The van der Waals surface area contributed by atoms with Gasteiger partial charge in [-0.05, 0) is 62.2 Å². The van der Waals surface area contributed by atoms with Gasteiger partial charge in [-0.25, -0.2) is 8.78 Å². The van der Waals surface area contributed by atoms with Gasteiger partial charge in [-0.3, -0.25) is 0 Å². The maximum atomic E-state index is 13.9. The Labute approximate surface area is 131 Å². The van der Waals surface area contributed by atoms with Gasteiger partial charge in [0.05, 0.1) is 13.6 Å². The zero-order chi connectivity index (χ0) is 14.0. The second-order valence-corrected chi connectivity index (χ2v) is 7.65. The Bertz CT molecular complexity index is 566. The molecule has 1 aromatic heterocycles. The Balaban J connectivity index is 2.54. The van der Waals surface area contributed by atoms with Crippen molar-refractivity contribution in [2.24, 2.45) is 0 Å². The van der Waals surface area contributed by atoms with Gasteiger partial charge >= 0.3 is 0 Å². The van der Waals surface area contributed by atoms with Gasteiger partial charge in [-0.2, -0.15) is 0 Å². The van der Waals surface area contributed by atoms with Crippen LogP contribution in [0.5, 0.6) is 0 Å². The molecule has 0 aliphatic rings. The molecule has 1 N–H and O–H groups in total. The standard InChI is InChI=1S/C13H11Br2F2NS/c1-2-18-12(7-6-10(14)19-13(7)15)11-8(16)4-3-5-9(11)17/h3-6,12,18H,2H2,1H3. The SMILES string of the molecule is CCNC(c1cc(Br)sc1Br)c1c(F)cccc1F. The highest BCUT2D eigenvalue weighted by Crippen LogP contribution is 2.39. The molecule has 1 aromatic carbocycles. The molecule has 1 unspecified atom stereocenters. The fourth-order valence-corrected chi connectivity index (χ4v) is 4.81. The molecule has 0 radical (unpaired) electrons. The number of thiophene rings is 1. The van der Waals surface area contributed by atoms with Gasteiger partial charge in [0.25, 0.3) is 0 Å². The lowest BCUT2D eigenvalue weighted by Gasteiger charge is -2.19. The van der Waals surface area contributed by atoms with E-state index in [-0.39, 0.29) is 5.56 Å². The second-order valence-electron chi connectivity index (χ2n) is 3.91. The summed E-state index contributed by atoms with van der Waals surface area (Å²) in [6.07, 6.45) is 0. The van der Waals surface area contributed by atoms with Gasteiger partial charge in [0, 0.05) is 5.56 Å². The van der Waals surface area contributed by atoms with Gasteiger partial charge in [0.15, 0.2) is 0 Å². The Hall–Kier alpha value is -0.300. The van der Waals surface area contributed by atoms with Crippen molar-refractivity contribution in [1.82, 2.24) is 5.32 Å². The van der Waals surface area contributed by atoms with E-state index in [1.54, 1.807) is 0 Å². The molecular formula is C13H11Br2F2NS. The molecule has 2 aromatic rings. The fourth-order valence-electron chi connectivity index (χ4n) is 1.91. The van der Waals surface area contributed by atoms with E-state index in [9.17, 15) is 8.78 Å². The van der Waals surface area contributed by atoms with Crippen LogP contribution in [0.1, 0.15) is 24.1 Å². The third kappa shape index (κ3) is 3.24. The summed E-state index contributed by atoms with van der Waals surface area (Å²) in [5, 5.41) is 3.13. The summed E-state index contributed by atoms with van der Waals surface area (Å²) < 4.78 is 29.7. The minimum absolute atomic E-state index is 0.0513. The summed E-state index contributed by atoms with van der Waals surface area (Å²) in [6, 6.07) is 5.28. The zero-order valence-electron chi connectivity index (χ0n) is 10.0. The highest BCUT2D eigenvalue weighted by molar-refractivity contribution is 9.12. The number of hydrogen-bond acceptors (Lipinski definition) is 2. The minimum atomic E-state index is -0.542. The Morgan fingerprint density at radius 3 is 2.37 bits per heavy atom. The van der Waals surface area contributed by atoms with Gasteiger partial charge in [-0.15, -0.1) is 11.3 Å². The topological polar surface area (TPSA) is 12.0 Å². The first-order valence-corrected chi connectivity index (χ1v) is 8.06. The summed E-state index contributed by atoms with van der Waals surface area (Å²) >= 11 is 8.30. The van der Waals surface area contributed by atoms with E-state index in [0.29, 0.717) is 6.54 Å². The van der Waals surface area contributed by atoms with Crippen molar-refractivity contribution >= 4 is 43.2 Å². The number of rotatable bonds is 4. The zero-order valence-corrected chi connectivity index (χ0v) is 14.0. The van der Waals surface area contributed by atoms with Crippen molar-refractivity contribution in [3.63, 3.8) is 0 Å². The molecule has 102 valence electrons. The number of nitrogens with one attached hydrogen (secondary N) is 1. The summed E-state index contributed by atoms with van der Waals surface area (Å²) in [5.74, 6) is -1.08. The molecule has 0 aliphatic heterocycles. The van der Waals surface area contributed by atoms with Crippen molar-refractivity contribution in [2.75, 3.05) is 6.54 Å². The molecule has 0 amide bonds. The Morgan fingerprint density at radius 1 is 1.26 bits per heavy atom. The molecule has 6 heteroatoms. The van der Waals surface area contributed by atoms with Crippen LogP contribution in [-0.4, -0.2) is 6.54 Å². The predicted molar refractivity (Wildman–Crippen MR) is 81.6 cm³/mol. The molecule has 0 bridgehead atoms. The van der Waals surface area contributed by atoms with E-state index in [1.807, 2.05) is 13.0 Å². The van der Waals surface area contributed by atoms with Crippen molar-refractivity contribution in [3.8, 4) is 0 Å². The van der Waals surface area contributed by atoms with Crippen molar-refractivity contribution in [2.45, 2.75) is 13.0 Å². The maximum Gasteiger partial charge on any atom is 0.131 e. The van der Waals surface area contributed by atoms with E-state index in [0.717, 1.165) is 13.1 Å². The van der Waals surface area contributed by atoms with Gasteiger partial charge in [0.1, 0.15) is 11.6 Å². The Morgan fingerprint density at radius 2 is 1.89 bits per heavy atom. The van der Waals surface area contributed by atoms with Crippen LogP contribution in [0.4, 0.5) is 8.78 Å². The average Bonchev–Trinajstić information content (AvgIpc) is 2.67. The second kappa shape index (κ2) is 6.43. The lowest BCUT2D eigenvalue weighted by Crippen LogP contribution is -2.24. The van der Waals surface area contributed by atoms with Crippen LogP contribution >= 0.6 is 43.2 Å². The van der Waals surface area contributed by atoms with Crippen molar-refractivity contribution < 1.29 is 8.78 Å². The molecule has 0 saturated carbocycles. The van der Waals surface area contributed by atoms with Crippen LogP contribution in [-0.2, 0) is 0 Å². The molecular weight excluding hydrogens is 400 g/mol. The van der Waals surface area contributed by atoms with E-state index >= 15 is 0 Å². The van der Waals surface area contributed by atoms with Crippen molar-refractivity contribution in [1.29, 1.82) is 0 Å². The van der Waals surface area contributed by atoms with Gasteiger partial charge in [-0.1, -0.05) is 13.0 Å². The fraction of sp³-hybridized carbons (Fsp3) is 0.231. The quantitative estimate of drug-likeness (QED) is 0.725. The molecule has 0 fully saturated rings. The third-order valence-corrected chi connectivity index (χ3v) is 5.08. The summed E-state index contributed by atoms with van der Waals surface area (Å²) in [7, 11) is 0. The third-order valence-electron chi connectivity index (χ3n) is 2.69. The maximum absolute atomic E-state index is 13.9. The van der Waals surface area contributed by atoms with E-state index in [1.165, 1.54) is 29.5 Å².